The summed E-state index contributed by atoms with van der Waals surface area (Å²) >= 11 is 0. The summed E-state index contributed by atoms with van der Waals surface area (Å²) in [6.45, 7) is 6.75. The summed E-state index contributed by atoms with van der Waals surface area (Å²) in [5.41, 5.74) is 5.31. The van der Waals surface area contributed by atoms with Crippen LogP contribution < -0.4 is 5.73 Å². The van der Waals surface area contributed by atoms with Gasteiger partial charge in [0, 0.05) is 44.5 Å². The van der Waals surface area contributed by atoms with E-state index < -0.39 is 0 Å². The fourth-order valence-electron chi connectivity index (χ4n) is 4.03. The number of rotatable bonds is 6. The number of piperidine rings is 1. The van der Waals surface area contributed by atoms with Crippen molar-refractivity contribution in [1.29, 1.82) is 0 Å². The van der Waals surface area contributed by atoms with Gasteiger partial charge in [-0.2, -0.15) is 0 Å². The minimum absolute atomic E-state index is 0.0488. The number of imidazole rings is 1. The fourth-order valence-corrected chi connectivity index (χ4v) is 4.03. The van der Waals surface area contributed by atoms with Crippen molar-refractivity contribution in [3.8, 4) is 0 Å². The van der Waals surface area contributed by atoms with Crippen LogP contribution in [0.15, 0.2) is 12.4 Å². The van der Waals surface area contributed by atoms with Crippen LogP contribution in [0.2, 0.25) is 0 Å². The number of aromatic nitrogens is 2. The summed E-state index contributed by atoms with van der Waals surface area (Å²) in [6, 6.07) is -0.0488. The lowest BCUT2D eigenvalue weighted by molar-refractivity contribution is -0.140. The van der Waals surface area contributed by atoms with Crippen LogP contribution in [0.3, 0.4) is 0 Å². The van der Waals surface area contributed by atoms with Gasteiger partial charge in [0.2, 0.25) is 11.8 Å². The van der Waals surface area contributed by atoms with Gasteiger partial charge in [-0.25, -0.2) is 4.98 Å². The molecule has 3 heterocycles. The van der Waals surface area contributed by atoms with Gasteiger partial charge in [0.15, 0.2) is 0 Å². The first-order chi connectivity index (χ1) is 12.6. The van der Waals surface area contributed by atoms with Crippen LogP contribution in [0.25, 0.3) is 0 Å². The van der Waals surface area contributed by atoms with E-state index >= 15 is 0 Å². The molecule has 2 aliphatic heterocycles. The maximum atomic E-state index is 13.0. The normalized spacial score (nSPS) is 20.9. The van der Waals surface area contributed by atoms with Gasteiger partial charge in [-0.3, -0.25) is 14.5 Å². The molecule has 26 heavy (non-hydrogen) atoms. The molecule has 0 spiro atoms. The minimum Gasteiger partial charge on any atom is -0.379 e. The number of ether oxygens (including phenoxy) is 1. The first-order valence-electron chi connectivity index (χ1n) is 9.50. The van der Waals surface area contributed by atoms with Gasteiger partial charge < -0.3 is 19.9 Å². The number of likely N-dealkylation sites (tertiary alicyclic amines) is 1. The lowest BCUT2D eigenvalue weighted by Crippen LogP contribution is -2.53. The SMILES string of the molecule is CCC(C(=O)N1CCC(c2nccn2CC(N)=O)CC1)N1CCOCC1. The van der Waals surface area contributed by atoms with Gasteiger partial charge in [-0.1, -0.05) is 6.92 Å². The van der Waals surface area contributed by atoms with Gasteiger partial charge >= 0.3 is 0 Å². The molecular formula is C18H29N5O3. The van der Waals surface area contributed by atoms with Crippen molar-refractivity contribution in [3.05, 3.63) is 18.2 Å². The maximum Gasteiger partial charge on any atom is 0.239 e. The van der Waals surface area contributed by atoms with Crippen LogP contribution in [0, 0.1) is 0 Å². The summed E-state index contributed by atoms with van der Waals surface area (Å²) < 4.78 is 7.23. The van der Waals surface area contributed by atoms with E-state index in [0.717, 1.165) is 51.3 Å². The number of carbonyl (C=O) groups excluding carboxylic acids is 2. The van der Waals surface area contributed by atoms with Crippen molar-refractivity contribution in [2.45, 2.75) is 44.7 Å². The second kappa shape index (κ2) is 8.64. The number of hydrogen-bond acceptors (Lipinski definition) is 5. The summed E-state index contributed by atoms with van der Waals surface area (Å²) in [7, 11) is 0. The van der Waals surface area contributed by atoms with Crippen molar-refractivity contribution in [2.24, 2.45) is 5.73 Å². The predicted molar refractivity (Wildman–Crippen MR) is 96.4 cm³/mol. The maximum absolute atomic E-state index is 13.0. The molecule has 0 aromatic carbocycles. The molecule has 2 saturated heterocycles. The van der Waals surface area contributed by atoms with Gasteiger partial charge in [0.1, 0.15) is 12.4 Å². The highest BCUT2D eigenvalue weighted by Crippen LogP contribution is 2.28. The highest BCUT2D eigenvalue weighted by Gasteiger charge is 2.32. The lowest BCUT2D eigenvalue weighted by Gasteiger charge is -2.38. The summed E-state index contributed by atoms with van der Waals surface area (Å²) in [5.74, 6) is 1.02. The zero-order valence-electron chi connectivity index (χ0n) is 15.5. The Morgan fingerprint density at radius 2 is 1.96 bits per heavy atom. The molecule has 1 unspecified atom stereocenters. The first kappa shape index (κ1) is 18.8. The highest BCUT2D eigenvalue weighted by molar-refractivity contribution is 5.82. The molecule has 2 aliphatic rings. The smallest absolute Gasteiger partial charge is 0.239 e. The van der Waals surface area contributed by atoms with E-state index in [1.54, 1.807) is 12.4 Å². The van der Waals surface area contributed by atoms with E-state index in [0.29, 0.717) is 13.2 Å². The topological polar surface area (TPSA) is 93.7 Å². The second-order valence-electron chi connectivity index (χ2n) is 7.05. The highest BCUT2D eigenvalue weighted by atomic mass is 16.5. The third-order valence-electron chi connectivity index (χ3n) is 5.40. The molecule has 2 N–H and O–H groups in total. The predicted octanol–water partition coefficient (Wildman–Crippen LogP) is 0.185. The lowest BCUT2D eigenvalue weighted by atomic mass is 9.95. The van der Waals surface area contributed by atoms with Gasteiger partial charge in [-0.15, -0.1) is 0 Å². The van der Waals surface area contributed by atoms with Crippen molar-refractivity contribution in [3.63, 3.8) is 0 Å². The third kappa shape index (κ3) is 4.24. The quantitative estimate of drug-likeness (QED) is 0.778. The number of nitrogens with zero attached hydrogens (tertiary/aromatic N) is 4. The van der Waals surface area contributed by atoms with E-state index in [1.807, 2.05) is 9.47 Å². The van der Waals surface area contributed by atoms with Crippen molar-refractivity contribution < 1.29 is 14.3 Å². The van der Waals surface area contributed by atoms with E-state index in [-0.39, 0.29) is 30.3 Å². The van der Waals surface area contributed by atoms with E-state index in [4.69, 9.17) is 10.5 Å². The minimum atomic E-state index is -0.367. The monoisotopic (exact) mass is 363 g/mol. The van der Waals surface area contributed by atoms with Crippen molar-refractivity contribution in [1.82, 2.24) is 19.4 Å². The summed E-state index contributed by atoms with van der Waals surface area (Å²) in [6.07, 6.45) is 6.05. The zero-order valence-corrected chi connectivity index (χ0v) is 15.5. The Morgan fingerprint density at radius 1 is 1.27 bits per heavy atom. The van der Waals surface area contributed by atoms with Crippen LogP contribution in [0.5, 0.6) is 0 Å². The van der Waals surface area contributed by atoms with Gasteiger partial charge in [0.05, 0.1) is 19.3 Å². The number of carbonyl (C=O) groups is 2. The van der Waals surface area contributed by atoms with Crippen LogP contribution in [0.4, 0.5) is 0 Å². The fraction of sp³-hybridized carbons (Fsp3) is 0.722. The Balaban J connectivity index is 1.58. The number of morpholine rings is 1. The average Bonchev–Trinajstić information content (AvgIpc) is 3.10. The van der Waals surface area contributed by atoms with E-state index in [2.05, 4.69) is 16.8 Å². The Morgan fingerprint density at radius 3 is 2.58 bits per heavy atom. The molecular weight excluding hydrogens is 334 g/mol. The number of hydrogen-bond donors (Lipinski definition) is 1. The summed E-state index contributed by atoms with van der Waals surface area (Å²) in [5, 5.41) is 0. The van der Waals surface area contributed by atoms with Crippen molar-refractivity contribution in [2.75, 3.05) is 39.4 Å². The summed E-state index contributed by atoms with van der Waals surface area (Å²) in [4.78, 5) is 32.9. The number of amides is 2. The third-order valence-corrected chi connectivity index (χ3v) is 5.40. The van der Waals surface area contributed by atoms with E-state index in [9.17, 15) is 9.59 Å². The molecule has 0 bridgehead atoms. The molecule has 1 aromatic heterocycles. The van der Waals surface area contributed by atoms with Crippen molar-refractivity contribution >= 4 is 11.8 Å². The molecule has 0 aliphatic carbocycles. The number of primary amides is 1. The molecule has 0 radical (unpaired) electrons. The molecule has 1 aromatic rings. The van der Waals surface area contributed by atoms with Crippen LogP contribution in [0.1, 0.15) is 37.9 Å². The van der Waals surface area contributed by atoms with Crippen LogP contribution >= 0.6 is 0 Å². The largest absolute Gasteiger partial charge is 0.379 e. The molecule has 2 fully saturated rings. The second-order valence-corrected chi connectivity index (χ2v) is 7.05. The molecule has 1 atom stereocenters. The Bertz CT molecular complexity index is 618. The Labute approximate surface area is 154 Å². The Hall–Kier alpha value is -1.93. The van der Waals surface area contributed by atoms with Crippen LogP contribution in [-0.2, 0) is 20.9 Å². The van der Waals surface area contributed by atoms with E-state index in [1.165, 1.54) is 0 Å². The molecule has 3 rings (SSSR count). The molecule has 2 amide bonds. The Kier molecular flexibility index (Phi) is 6.26. The molecule has 8 heteroatoms. The number of nitrogens with two attached hydrogens (primary N) is 1. The zero-order chi connectivity index (χ0) is 18.5. The first-order valence-corrected chi connectivity index (χ1v) is 9.50. The molecule has 8 nitrogen and oxygen atoms in total. The standard InChI is InChI=1S/C18H29N5O3/c1-2-15(21-9-11-26-12-10-21)18(25)22-6-3-14(4-7-22)17-20-5-8-23(17)13-16(19)24/h5,8,14-15H,2-4,6-7,9-13H2,1H3,(H2,19,24). The molecule has 144 valence electrons. The molecule has 0 saturated carbocycles. The average molecular weight is 363 g/mol. The van der Waals surface area contributed by atoms with Gasteiger partial charge in [-0.05, 0) is 19.3 Å². The van der Waals surface area contributed by atoms with Gasteiger partial charge in [0.25, 0.3) is 0 Å². The van der Waals surface area contributed by atoms with Crippen LogP contribution in [-0.4, -0.2) is 76.6 Å².